The Morgan fingerprint density at radius 1 is 1.08 bits per heavy atom. The Morgan fingerprint density at radius 2 is 1.76 bits per heavy atom. The van der Waals surface area contributed by atoms with Gasteiger partial charge in [0.25, 0.3) is 0 Å². The Bertz CT molecular complexity index is 754. The zero-order chi connectivity index (χ0) is 18.4. The minimum Gasteiger partial charge on any atom is -0.497 e. The third kappa shape index (κ3) is 4.59. The van der Waals surface area contributed by atoms with Crippen LogP contribution in [0.15, 0.2) is 42.5 Å². The lowest BCUT2D eigenvalue weighted by Crippen LogP contribution is -2.37. The summed E-state index contributed by atoms with van der Waals surface area (Å²) in [5.41, 5.74) is 3.54. The standard InChI is InChI=1S/C20H24N2O3/c1-5-15-8-6-7-13(2)18(15)22-20(24)19(23)21-14(3)16-9-11-17(25-4)12-10-16/h6-12,14H,5H2,1-4H3,(H,21,23)(H,22,24). The summed E-state index contributed by atoms with van der Waals surface area (Å²) in [4.78, 5) is 24.5. The Hall–Kier alpha value is -2.82. The molecule has 0 saturated carbocycles. The monoisotopic (exact) mass is 340 g/mol. The number of methoxy groups -OCH3 is 1. The van der Waals surface area contributed by atoms with Crippen molar-refractivity contribution < 1.29 is 14.3 Å². The molecule has 132 valence electrons. The van der Waals surface area contributed by atoms with E-state index < -0.39 is 11.8 Å². The van der Waals surface area contributed by atoms with Crippen molar-refractivity contribution in [3.63, 3.8) is 0 Å². The number of aryl methyl sites for hydroxylation is 2. The lowest BCUT2D eigenvalue weighted by atomic mass is 10.1. The second kappa shape index (κ2) is 8.33. The highest BCUT2D eigenvalue weighted by Gasteiger charge is 2.19. The summed E-state index contributed by atoms with van der Waals surface area (Å²) in [7, 11) is 1.60. The van der Waals surface area contributed by atoms with Gasteiger partial charge in [0.15, 0.2) is 0 Å². The van der Waals surface area contributed by atoms with Crippen molar-refractivity contribution in [2.45, 2.75) is 33.2 Å². The molecule has 1 unspecified atom stereocenters. The Kier molecular flexibility index (Phi) is 6.17. The molecular formula is C20H24N2O3. The quantitative estimate of drug-likeness (QED) is 0.820. The van der Waals surface area contributed by atoms with Crippen LogP contribution in [-0.2, 0) is 16.0 Å². The van der Waals surface area contributed by atoms with E-state index in [1.54, 1.807) is 7.11 Å². The third-order valence-electron chi connectivity index (χ3n) is 4.15. The summed E-state index contributed by atoms with van der Waals surface area (Å²) in [5, 5.41) is 5.45. The van der Waals surface area contributed by atoms with Crippen LogP contribution < -0.4 is 15.4 Å². The van der Waals surface area contributed by atoms with Gasteiger partial charge in [0.05, 0.1) is 13.2 Å². The summed E-state index contributed by atoms with van der Waals surface area (Å²) < 4.78 is 5.12. The molecule has 5 nitrogen and oxygen atoms in total. The molecule has 0 aliphatic rings. The normalized spacial score (nSPS) is 11.5. The van der Waals surface area contributed by atoms with Crippen LogP contribution in [0.25, 0.3) is 0 Å². The van der Waals surface area contributed by atoms with Crippen molar-refractivity contribution in [1.82, 2.24) is 5.32 Å². The van der Waals surface area contributed by atoms with Gasteiger partial charge in [-0.15, -0.1) is 0 Å². The molecule has 0 bridgehead atoms. The van der Waals surface area contributed by atoms with Gasteiger partial charge in [-0.3, -0.25) is 9.59 Å². The van der Waals surface area contributed by atoms with Crippen LogP contribution >= 0.6 is 0 Å². The summed E-state index contributed by atoms with van der Waals surface area (Å²) in [6.07, 6.45) is 0.779. The first-order valence-corrected chi connectivity index (χ1v) is 8.30. The van der Waals surface area contributed by atoms with E-state index in [1.165, 1.54) is 0 Å². The van der Waals surface area contributed by atoms with Gasteiger partial charge in [-0.25, -0.2) is 0 Å². The van der Waals surface area contributed by atoms with E-state index in [1.807, 2.05) is 63.2 Å². The van der Waals surface area contributed by atoms with Crippen LogP contribution in [0.2, 0.25) is 0 Å². The summed E-state index contributed by atoms with van der Waals surface area (Å²) in [5.74, 6) is -0.579. The molecular weight excluding hydrogens is 316 g/mol. The maximum absolute atomic E-state index is 12.3. The van der Waals surface area contributed by atoms with Crippen LogP contribution in [0.5, 0.6) is 5.75 Å². The summed E-state index contributed by atoms with van der Waals surface area (Å²) in [6.45, 7) is 5.75. The Balaban J connectivity index is 2.04. The first-order valence-electron chi connectivity index (χ1n) is 8.30. The highest BCUT2D eigenvalue weighted by molar-refractivity contribution is 6.39. The lowest BCUT2D eigenvalue weighted by Gasteiger charge is -2.16. The lowest BCUT2D eigenvalue weighted by molar-refractivity contribution is -0.136. The van der Waals surface area contributed by atoms with Gasteiger partial charge < -0.3 is 15.4 Å². The number of carbonyl (C=O) groups is 2. The van der Waals surface area contributed by atoms with Gasteiger partial charge in [0, 0.05) is 5.69 Å². The average molecular weight is 340 g/mol. The van der Waals surface area contributed by atoms with Gasteiger partial charge >= 0.3 is 11.8 Å². The molecule has 0 aliphatic heterocycles. The molecule has 2 N–H and O–H groups in total. The van der Waals surface area contributed by atoms with E-state index in [0.717, 1.165) is 28.9 Å². The van der Waals surface area contributed by atoms with Gasteiger partial charge in [0.2, 0.25) is 0 Å². The van der Waals surface area contributed by atoms with E-state index in [2.05, 4.69) is 10.6 Å². The van der Waals surface area contributed by atoms with Gasteiger partial charge in [0.1, 0.15) is 5.75 Å². The smallest absolute Gasteiger partial charge is 0.313 e. The number of para-hydroxylation sites is 1. The molecule has 2 aromatic carbocycles. The van der Waals surface area contributed by atoms with Gasteiger partial charge in [-0.1, -0.05) is 37.3 Å². The van der Waals surface area contributed by atoms with Crippen molar-refractivity contribution >= 4 is 17.5 Å². The highest BCUT2D eigenvalue weighted by atomic mass is 16.5. The number of amides is 2. The fourth-order valence-electron chi connectivity index (χ4n) is 2.61. The first kappa shape index (κ1) is 18.5. The van der Waals surface area contributed by atoms with Crippen molar-refractivity contribution in [3.05, 3.63) is 59.2 Å². The molecule has 2 rings (SSSR count). The van der Waals surface area contributed by atoms with E-state index in [-0.39, 0.29) is 6.04 Å². The van der Waals surface area contributed by atoms with Crippen molar-refractivity contribution in [3.8, 4) is 5.75 Å². The fourth-order valence-corrected chi connectivity index (χ4v) is 2.61. The second-order valence-electron chi connectivity index (χ2n) is 5.89. The Labute approximate surface area is 148 Å². The molecule has 2 aromatic rings. The van der Waals surface area contributed by atoms with Crippen LogP contribution in [0.3, 0.4) is 0 Å². The maximum Gasteiger partial charge on any atom is 0.313 e. The number of nitrogens with one attached hydrogen (secondary N) is 2. The predicted molar refractivity (Wildman–Crippen MR) is 98.7 cm³/mol. The van der Waals surface area contributed by atoms with Crippen LogP contribution in [-0.4, -0.2) is 18.9 Å². The van der Waals surface area contributed by atoms with Crippen LogP contribution in [0, 0.1) is 6.92 Å². The molecule has 0 heterocycles. The van der Waals surface area contributed by atoms with Crippen molar-refractivity contribution in [2.75, 3.05) is 12.4 Å². The zero-order valence-corrected chi connectivity index (χ0v) is 15.1. The number of carbonyl (C=O) groups excluding carboxylic acids is 2. The third-order valence-corrected chi connectivity index (χ3v) is 4.15. The number of ether oxygens (including phenoxy) is 1. The number of anilines is 1. The van der Waals surface area contributed by atoms with Gasteiger partial charge in [-0.05, 0) is 49.1 Å². The largest absolute Gasteiger partial charge is 0.497 e. The minimum atomic E-state index is -0.663. The molecule has 0 aliphatic carbocycles. The summed E-state index contributed by atoms with van der Waals surface area (Å²) >= 11 is 0. The molecule has 0 aromatic heterocycles. The first-order chi connectivity index (χ1) is 12.0. The predicted octanol–water partition coefficient (Wildman–Crippen LogP) is 3.38. The number of rotatable bonds is 5. The number of hydrogen-bond donors (Lipinski definition) is 2. The Morgan fingerprint density at radius 3 is 2.36 bits per heavy atom. The van der Waals surface area contributed by atoms with E-state index in [4.69, 9.17) is 4.74 Å². The van der Waals surface area contributed by atoms with E-state index >= 15 is 0 Å². The summed E-state index contributed by atoms with van der Waals surface area (Å²) in [6, 6.07) is 12.9. The van der Waals surface area contributed by atoms with E-state index in [0.29, 0.717) is 5.69 Å². The molecule has 0 fully saturated rings. The van der Waals surface area contributed by atoms with E-state index in [9.17, 15) is 9.59 Å². The van der Waals surface area contributed by atoms with Crippen molar-refractivity contribution in [2.24, 2.45) is 0 Å². The van der Waals surface area contributed by atoms with Crippen LogP contribution in [0.4, 0.5) is 5.69 Å². The number of benzene rings is 2. The second-order valence-corrected chi connectivity index (χ2v) is 5.89. The number of hydrogen-bond acceptors (Lipinski definition) is 3. The molecule has 0 radical (unpaired) electrons. The molecule has 2 amide bonds. The minimum absolute atomic E-state index is 0.285. The maximum atomic E-state index is 12.3. The molecule has 0 saturated heterocycles. The van der Waals surface area contributed by atoms with Crippen molar-refractivity contribution in [1.29, 1.82) is 0 Å². The zero-order valence-electron chi connectivity index (χ0n) is 15.1. The average Bonchev–Trinajstić information content (AvgIpc) is 2.63. The molecule has 5 heteroatoms. The van der Waals surface area contributed by atoms with Gasteiger partial charge in [-0.2, -0.15) is 0 Å². The van der Waals surface area contributed by atoms with Crippen LogP contribution in [0.1, 0.15) is 36.6 Å². The fraction of sp³-hybridized carbons (Fsp3) is 0.300. The molecule has 1 atom stereocenters. The topological polar surface area (TPSA) is 67.4 Å². The SMILES string of the molecule is CCc1cccc(C)c1NC(=O)C(=O)NC(C)c1ccc(OC)cc1. The highest BCUT2D eigenvalue weighted by Crippen LogP contribution is 2.21. The molecule has 0 spiro atoms. The molecule has 25 heavy (non-hydrogen) atoms.